The summed E-state index contributed by atoms with van der Waals surface area (Å²) in [4.78, 5) is 0. The summed E-state index contributed by atoms with van der Waals surface area (Å²) < 4.78 is 0. The van der Waals surface area contributed by atoms with E-state index in [1.807, 2.05) is 19.5 Å². The maximum atomic E-state index is 5.35. The molecule has 0 rings (SSSR count). The minimum Gasteiger partial charge on any atom is -0.165 e. The molecule has 0 aromatic rings. The van der Waals surface area contributed by atoms with Crippen LogP contribution in [0, 0.1) is 0 Å². The van der Waals surface area contributed by atoms with Crippen molar-refractivity contribution in [2.45, 2.75) is 13.8 Å². The fourth-order valence-electron chi connectivity index (χ4n) is 0.109. The molecule has 0 amide bonds. The van der Waals surface area contributed by atoms with Crippen LogP contribution in [0.4, 0.5) is 0 Å². The molecular weight excluding hydrogens is 112 g/mol. The second kappa shape index (κ2) is 3.44. The highest BCUT2D eigenvalue weighted by Gasteiger charge is 1.71. The van der Waals surface area contributed by atoms with Crippen molar-refractivity contribution in [1.82, 2.24) is 0 Å². The van der Waals surface area contributed by atoms with Crippen LogP contribution in [0.2, 0.25) is 0 Å². The monoisotopic (exact) mass is 118 g/mol. The maximum Gasteiger partial charge on any atom is 0.202 e. The Hall–Kier alpha value is 0.247. The van der Waals surface area contributed by atoms with Crippen molar-refractivity contribution < 1.29 is 0 Å². The van der Waals surface area contributed by atoms with Crippen molar-refractivity contribution in [2.24, 2.45) is 0 Å². The van der Waals surface area contributed by atoms with Crippen molar-refractivity contribution in [1.29, 1.82) is 0 Å². The summed E-state index contributed by atoms with van der Waals surface area (Å²) in [6.45, 7) is 4.07. The molecule has 0 aromatic carbocycles. The van der Waals surface area contributed by atoms with E-state index >= 15 is 0 Å². The molecule has 0 heterocycles. The zero-order chi connectivity index (χ0) is 4.99. The summed E-state index contributed by atoms with van der Waals surface area (Å²) in [6.07, 6.45) is 0. The normalized spacial score (nSPS) is 7.83. The van der Waals surface area contributed by atoms with Crippen LogP contribution in [0.25, 0.3) is 0 Å². The smallest absolute Gasteiger partial charge is 0.165 e. The van der Waals surface area contributed by atoms with E-state index in [0.717, 1.165) is 0 Å². The van der Waals surface area contributed by atoms with Gasteiger partial charge in [0.25, 0.3) is 0 Å². The molecule has 2 heteroatoms. The lowest BCUT2D eigenvalue weighted by Gasteiger charge is -1.77. The van der Waals surface area contributed by atoms with Crippen LogP contribution in [0.5, 0.6) is 0 Å². The number of hydrogen-bond donors (Lipinski definition) is 0. The standard InChI is InChI=1S/C4H7ClSi/c1-4(2)3-6-5/h3H,1-2H3. The van der Waals surface area contributed by atoms with E-state index in [1.54, 1.807) is 0 Å². The molecule has 6 heavy (non-hydrogen) atoms. The van der Waals surface area contributed by atoms with Crippen molar-refractivity contribution in [3.8, 4) is 0 Å². The largest absolute Gasteiger partial charge is 0.202 e. The first kappa shape index (κ1) is 6.25. The summed E-state index contributed by atoms with van der Waals surface area (Å²) in [5.41, 5.74) is 3.30. The van der Waals surface area contributed by atoms with Gasteiger partial charge in [-0.2, -0.15) is 11.1 Å². The van der Waals surface area contributed by atoms with Crippen LogP contribution < -0.4 is 0 Å². The molecule has 0 bridgehead atoms. The Morgan fingerprint density at radius 2 is 2.17 bits per heavy atom. The topological polar surface area (TPSA) is 0 Å². The average Bonchev–Trinajstić information content (AvgIpc) is 1.35. The second-order valence-electron chi connectivity index (χ2n) is 1.33. The Morgan fingerprint density at radius 1 is 1.67 bits per heavy atom. The van der Waals surface area contributed by atoms with E-state index in [1.165, 1.54) is 5.57 Å². The molecule has 0 aliphatic heterocycles. The average molecular weight is 119 g/mol. The third-order valence-corrected chi connectivity index (χ3v) is 1.36. The molecular formula is C4H7ClSi. The third kappa shape index (κ3) is 4.25. The Bertz CT molecular complexity index is 54.6. The van der Waals surface area contributed by atoms with E-state index in [9.17, 15) is 0 Å². The maximum absolute atomic E-state index is 5.35. The van der Waals surface area contributed by atoms with E-state index in [-0.39, 0.29) is 0 Å². The lowest BCUT2D eigenvalue weighted by atomic mass is 10.4. The number of hydrogen-bond acceptors (Lipinski definition) is 0. The molecule has 0 aromatic heterocycles. The number of rotatable bonds is 1. The van der Waals surface area contributed by atoms with Gasteiger partial charge in [-0.15, -0.1) is 0 Å². The van der Waals surface area contributed by atoms with E-state index < -0.39 is 0 Å². The van der Waals surface area contributed by atoms with Crippen molar-refractivity contribution >= 4 is 19.9 Å². The van der Waals surface area contributed by atoms with Crippen molar-refractivity contribution in [2.75, 3.05) is 0 Å². The highest BCUT2D eigenvalue weighted by Crippen LogP contribution is 1.85. The predicted molar refractivity (Wildman–Crippen MR) is 31.0 cm³/mol. The Morgan fingerprint density at radius 3 is 2.17 bits per heavy atom. The zero-order valence-corrected chi connectivity index (χ0v) is 5.71. The molecule has 34 valence electrons. The molecule has 0 N–H and O–H groups in total. The van der Waals surface area contributed by atoms with Crippen LogP contribution in [-0.2, 0) is 0 Å². The van der Waals surface area contributed by atoms with Gasteiger partial charge in [0.1, 0.15) is 0 Å². The van der Waals surface area contributed by atoms with Gasteiger partial charge in [0.2, 0.25) is 8.83 Å². The summed E-state index contributed by atoms with van der Waals surface area (Å²) in [5, 5.41) is 0. The summed E-state index contributed by atoms with van der Waals surface area (Å²) >= 11 is 5.35. The van der Waals surface area contributed by atoms with E-state index in [4.69, 9.17) is 11.1 Å². The highest BCUT2D eigenvalue weighted by molar-refractivity contribution is 6.96. The highest BCUT2D eigenvalue weighted by atomic mass is 35.6. The summed E-state index contributed by atoms with van der Waals surface area (Å²) in [7, 11) is 0.448. The lowest BCUT2D eigenvalue weighted by Crippen LogP contribution is -1.67. The minimum atomic E-state index is 0.448. The first-order valence-electron chi connectivity index (χ1n) is 1.77. The Kier molecular flexibility index (Phi) is 3.58. The quantitative estimate of drug-likeness (QED) is 0.364. The van der Waals surface area contributed by atoms with Gasteiger partial charge < -0.3 is 0 Å². The molecule has 0 aliphatic carbocycles. The first-order valence-corrected chi connectivity index (χ1v) is 3.86. The van der Waals surface area contributed by atoms with Gasteiger partial charge >= 0.3 is 0 Å². The Labute approximate surface area is 45.7 Å². The van der Waals surface area contributed by atoms with Crippen LogP contribution in [0.15, 0.2) is 11.3 Å². The molecule has 0 unspecified atom stereocenters. The first-order chi connectivity index (χ1) is 2.77. The van der Waals surface area contributed by atoms with E-state index in [2.05, 4.69) is 0 Å². The minimum absolute atomic E-state index is 0.448. The zero-order valence-electron chi connectivity index (χ0n) is 3.96. The molecule has 0 saturated carbocycles. The van der Waals surface area contributed by atoms with Crippen LogP contribution in [0.1, 0.15) is 13.8 Å². The van der Waals surface area contributed by atoms with Crippen molar-refractivity contribution in [3.05, 3.63) is 11.3 Å². The molecule has 0 fully saturated rings. The number of allylic oxidation sites excluding steroid dienone is 1. The van der Waals surface area contributed by atoms with Gasteiger partial charge in [-0.1, -0.05) is 11.3 Å². The predicted octanol–water partition coefficient (Wildman–Crippen LogP) is 1.77. The second-order valence-corrected chi connectivity index (χ2v) is 2.49. The van der Waals surface area contributed by atoms with Gasteiger partial charge in [-0.25, -0.2) is 0 Å². The summed E-state index contributed by atoms with van der Waals surface area (Å²) in [6, 6.07) is 0. The van der Waals surface area contributed by atoms with Crippen LogP contribution in [-0.4, -0.2) is 8.83 Å². The molecule has 0 aliphatic rings. The van der Waals surface area contributed by atoms with Gasteiger partial charge in [-0.3, -0.25) is 0 Å². The van der Waals surface area contributed by atoms with Gasteiger partial charge in [0.05, 0.1) is 0 Å². The molecule has 2 radical (unpaired) electrons. The fourth-order valence-corrected chi connectivity index (χ4v) is 0.982. The van der Waals surface area contributed by atoms with Crippen LogP contribution >= 0.6 is 11.1 Å². The van der Waals surface area contributed by atoms with Gasteiger partial charge in [0.15, 0.2) is 0 Å². The lowest BCUT2D eigenvalue weighted by molar-refractivity contribution is 1.41. The molecule has 0 spiro atoms. The summed E-state index contributed by atoms with van der Waals surface area (Å²) in [5.74, 6) is 0. The Balaban J connectivity index is 3.14. The van der Waals surface area contributed by atoms with Gasteiger partial charge in [-0.05, 0) is 13.8 Å². The van der Waals surface area contributed by atoms with E-state index in [0.29, 0.717) is 8.83 Å². The van der Waals surface area contributed by atoms with Gasteiger partial charge in [0, 0.05) is 0 Å². The molecule has 0 nitrogen and oxygen atoms in total. The SMILES string of the molecule is CC(C)=C[Si]Cl. The van der Waals surface area contributed by atoms with Crippen molar-refractivity contribution in [3.63, 3.8) is 0 Å². The third-order valence-electron chi connectivity index (χ3n) is 0.343. The fraction of sp³-hybridized carbons (Fsp3) is 0.500. The molecule has 0 saturated heterocycles. The number of halogens is 1. The van der Waals surface area contributed by atoms with Crippen LogP contribution in [0.3, 0.4) is 0 Å². The molecule has 0 atom stereocenters.